The Hall–Kier alpha value is -2.81. The fraction of sp³-hybridized carbons (Fsp3) is 0.640. The van der Waals surface area contributed by atoms with Gasteiger partial charge in [-0.05, 0) is 72.9 Å². The third-order valence-electron chi connectivity index (χ3n) is 5.84. The standard InChI is InChI=1S/C25H37N3O6/c1-16(2)28(24(31)34-25(4,5)6)13-18-8-7-9-27(12-18)14-23(30)26-20-11-22-21(32-15-33-22)10-19(20)17(3)29/h10-11,16,18H,7-9,12-15H2,1-6H3,(H,26,30). The van der Waals surface area contributed by atoms with Crippen molar-refractivity contribution in [1.82, 2.24) is 9.80 Å². The molecule has 1 saturated heterocycles. The lowest BCUT2D eigenvalue weighted by Gasteiger charge is -2.37. The van der Waals surface area contributed by atoms with Gasteiger partial charge in [0.25, 0.3) is 0 Å². The van der Waals surface area contributed by atoms with Crippen LogP contribution in [-0.4, -0.2) is 72.2 Å². The highest BCUT2D eigenvalue weighted by Gasteiger charge is 2.29. The molecule has 1 aromatic rings. The first-order chi connectivity index (χ1) is 15.9. The molecule has 3 rings (SSSR count). The quantitative estimate of drug-likeness (QED) is 0.597. The van der Waals surface area contributed by atoms with Gasteiger partial charge >= 0.3 is 6.09 Å². The Balaban J connectivity index is 1.60. The van der Waals surface area contributed by atoms with Crippen molar-refractivity contribution in [2.45, 2.75) is 66.0 Å². The third-order valence-corrected chi connectivity index (χ3v) is 5.84. The van der Waals surface area contributed by atoms with E-state index in [-0.39, 0.29) is 43.1 Å². The van der Waals surface area contributed by atoms with E-state index in [1.165, 1.54) is 6.92 Å². The second-order valence-corrected chi connectivity index (χ2v) is 10.3. The number of rotatable bonds is 7. The Kier molecular flexibility index (Phi) is 8.07. The number of hydrogen-bond donors (Lipinski definition) is 1. The SMILES string of the molecule is CC(=O)c1cc2c(cc1NC(=O)CN1CCCC(CN(C(=O)OC(C)(C)C)C(C)C)C1)OCO2. The lowest BCUT2D eigenvalue weighted by Crippen LogP contribution is -2.48. The number of nitrogens with zero attached hydrogens (tertiary/aromatic N) is 2. The second-order valence-electron chi connectivity index (χ2n) is 10.3. The van der Waals surface area contributed by atoms with Crippen LogP contribution in [-0.2, 0) is 9.53 Å². The van der Waals surface area contributed by atoms with Crippen molar-refractivity contribution in [2.75, 3.05) is 38.3 Å². The van der Waals surface area contributed by atoms with Gasteiger partial charge in [0.15, 0.2) is 17.3 Å². The summed E-state index contributed by atoms with van der Waals surface area (Å²) in [4.78, 5) is 41.5. The summed E-state index contributed by atoms with van der Waals surface area (Å²) in [7, 11) is 0. The number of hydrogen-bond acceptors (Lipinski definition) is 7. The smallest absolute Gasteiger partial charge is 0.410 e. The summed E-state index contributed by atoms with van der Waals surface area (Å²) in [6, 6.07) is 3.26. The maximum absolute atomic E-state index is 12.8. The van der Waals surface area contributed by atoms with E-state index in [4.69, 9.17) is 14.2 Å². The van der Waals surface area contributed by atoms with Crippen LogP contribution in [0.5, 0.6) is 11.5 Å². The zero-order valence-electron chi connectivity index (χ0n) is 21.1. The molecule has 9 nitrogen and oxygen atoms in total. The van der Waals surface area contributed by atoms with Gasteiger partial charge in [-0.15, -0.1) is 0 Å². The molecule has 1 N–H and O–H groups in total. The number of ether oxygens (including phenoxy) is 3. The minimum Gasteiger partial charge on any atom is -0.454 e. The van der Waals surface area contributed by atoms with Crippen molar-refractivity contribution in [3.05, 3.63) is 17.7 Å². The molecule has 188 valence electrons. The lowest BCUT2D eigenvalue weighted by molar-refractivity contribution is -0.117. The highest BCUT2D eigenvalue weighted by atomic mass is 16.7. The maximum Gasteiger partial charge on any atom is 0.410 e. The number of nitrogens with one attached hydrogen (secondary N) is 1. The zero-order chi connectivity index (χ0) is 25.0. The number of fused-ring (bicyclic) bond motifs is 1. The van der Waals surface area contributed by atoms with Crippen LogP contribution in [0.1, 0.15) is 64.7 Å². The fourth-order valence-electron chi connectivity index (χ4n) is 4.27. The number of Topliss-reactive ketones (excluding diaryl/α,β-unsaturated/α-hetero) is 1. The number of carbonyl (C=O) groups is 3. The van der Waals surface area contributed by atoms with Crippen LogP contribution in [0.2, 0.25) is 0 Å². The molecular formula is C25H37N3O6. The highest BCUT2D eigenvalue weighted by Crippen LogP contribution is 2.37. The summed E-state index contributed by atoms with van der Waals surface area (Å²) in [5.74, 6) is 0.892. The summed E-state index contributed by atoms with van der Waals surface area (Å²) in [6.45, 7) is 13.4. The predicted molar refractivity (Wildman–Crippen MR) is 128 cm³/mol. The number of piperidine rings is 1. The van der Waals surface area contributed by atoms with Crippen LogP contribution in [0, 0.1) is 5.92 Å². The van der Waals surface area contributed by atoms with Crippen molar-refractivity contribution < 1.29 is 28.6 Å². The molecule has 0 aromatic heterocycles. The lowest BCUT2D eigenvalue weighted by atomic mass is 9.97. The first-order valence-corrected chi connectivity index (χ1v) is 11.9. The van der Waals surface area contributed by atoms with Crippen molar-refractivity contribution in [3.63, 3.8) is 0 Å². The molecule has 2 amide bonds. The molecule has 0 spiro atoms. The fourth-order valence-corrected chi connectivity index (χ4v) is 4.27. The topological polar surface area (TPSA) is 97.4 Å². The van der Waals surface area contributed by atoms with E-state index in [0.29, 0.717) is 35.8 Å². The monoisotopic (exact) mass is 475 g/mol. The van der Waals surface area contributed by atoms with Crippen LogP contribution in [0.3, 0.4) is 0 Å². The number of carbonyl (C=O) groups excluding carboxylic acids is 3. The molecule has 0 aliphatic carbocycles. The molecule has 1 aromatic carbocycles. The van der Waals surface area contributed by atoms with Gasteiger partial charge in [-0.25, -0.2) is 4.79 Å². The predicted octanol–water partition coefficient (Wildman–Crippen LogP) is 3.91. The zero-order valence-corrected chi connectivity index (χ0v) is 21.1. The van der Waals surface area contributed by atoms with Gasteiger partial charge in [0.2, 0.25) is 12.7 Å². The molecule has 1 atom stereocenters. The molecule has 0 radical (unpaired) electrons. The molecule has 34 heavy (non-hydrogen) atoms. The van der Waals surface area contributed by atoms with Gasteiger partial charge < -0.3 is 24.4 Å². The van der Waals surface area contributed by atoms with Gasteiger partial charge in [0.1, 0.15) is 5.60 Å². The molecule has 1 unspecified atom stereocenters. The van der Waals surface area contributed by atoms with E-state index in [1.54, 1.807) is 17.0 Å². The van der Waals surface area contributed by atoms with Crippen LogP contribution in [0.15, 0.2) is 12.1 Å². The van der Waals surface area contributed by atoms with E-state index >= 15 is 0 Å². The molecule has 2 aliphatic rings. The van der Waals surface area contributed by atoms with Crippen LogP contribution < -0.4 is 14.8 Å². The summed E-state index contributed by atoms with van der Waals surface area (Å²) in [5, 5.41) is 2.87. The number of likely N-dealkylation sites (tertiary alicyclic amines) is 1. The summed E-state index contributed by atoms with van der Waals surface area (Å²) in [5.41, 5.74) is 0.263. The highest BCUT2D eigenvalue weighted by molar-refractivity contribution is 6.05. The van der Waals surface area contributed by atoms with Crippen molar-refractivity contribution in [3.8, 4) is 11.5 Å². The minimum atomic E-state index is -0.547. The Morgan fingerprint density at radius 3 is 2.50 bits per heavy atom. The maximum atomic E-state index is 12.8. The molecule has 0 bridgehead atoms. The molecule has 0 saturated carbocycles. The Morgan fingerprint density at radius 2 is 1.88 bits per heavy atom. The van der Waals surface area contributed by atoms with Gasteiger partial charge in [-0.1, -0.05) is 0 Å². The number of amides is 2. The molecule has 1 fully saturated rings. The van der Waals surface area contributed by atoms with Crippen molar-refractivity contribution in [1.29, 1.82) is 0 Å². The third kappa shape index (κ3) is 6.85. The van der Waals surface area contributed by atoms with E-state index < -0.39 is 5.60 Å². The molecule has 2 aliphatic heterocycles. The van der Waals surface area contributed by atoms with Crippen molar-refractivity contribution in [2.24, 2.45) is 5.92 Å². The summed E-state index contributed by atoms with van der Waals surface area (Å²) >= 11 is 0. The number of ketones is 1. The van der Waals surface area contributed by atoms with E-state index in [9.17, 15) is 14.4 Å². The van der Waals surface area contributed by atoms with Crippen molar-refractivity contribution >= 4 is 23.5 Å². The molecular weight excluding hydrogens is 438 g/mol. The minimum absolute atomic E-state index is 0.0181. The van der Waals surface area contributed by atoms with Gasteiger partial charge in [0, 0.05) is 30.8 Å². The summed E-state index contributed by atoms with van der Waals surface area (Å²) in [6.07, 6.45) is 1.62. The molecule has 9 heteroatoms. The van der Waals surface area contributed by atoms with E-state index in [2.05, 4.69) is 10.2 Å². The second kappa shape index (κ2) is 10.6. The van der Waals surface area contributed by atoms with Gasteiger partial charge in [-0.2, -0.15) is 0 Å². The molecule has 2 heterocycles. The Labute approximate surface area is 201 Å². The normalized spacial score (nSPS) is 18.0. The Bertz CT molecular complexity index is 924. The van der Waals surface area contributed by atoms with Crippen LogP contribution >= 0.6 is 0 Å². The van der Waals surface area contributed by atoms with Gasteiger partial charge in [-0.3, -0.25) is 14.5 Å². The first-order valence-electron chi connectivity index (χ1n) is 11.9. The number of benzene rings is 1. The Morgan fingerprint density at radius 1 is 1.21 bits per heavy atom. The number of anilines is 1. The van der Waals surface area contributed by atoms with Crippen LogP contribution in [0.4, 0.5) is 10.5 Å². The van der Waals surface area contributed by atoms with Gasteiger partial charge in [0.05, 0.1) is 12.2 Å². The van der Waals surface area contributed by atoms with E-state index in [1.807, 2.05) is 34.6 Å². The largest absolute Gasteiger partial charge is 0.454 e. The average Bonchev–Trinajstić information content (AvgIpc) is 3.17. The van der Waals surface area contributed by atoms with E-state index in [0.717, 1.165) is 19.4 Å². The summed E-state index contributed by atoms with van der Waals surface area (Å²) < 4.78 is 16.3. The average molecular weight is 476 g/mol. The first kappa shape index (κ1) is 25.8. The van der Waals surface area contributed by atoms with Crippen LogP contribution in [0.25, 0.3) is 0 Å².